The zero-order chi connectivity index (χ0) is 20.4. The van der Waals surface area contributed by atoms with Crippen LogP contribution < -0.4 is 10.1 Å². The number of carbonyl (C=O) groups excluding carboxylic acids is 1. The fourth-order valence-corrected chi connectivity index (χ4v) is 4.45. The summed E-state index contributed by atoms with van der Waals surface area (Å²) in [7, 11) is 1.64. The molecule has 0 aliphatic rings. The second-order valence-electron chi connectivity index (χ2n) is 6.49. The number of methoxy groups -OCH3 is 1. The van der Waals surface area contributed by atoms with Gasteiger partial charge in [0.1, 0.15) is 5.75 Å². The third-order valence-electron chi connectivity index (χ3n) is 4.59. The minimum atomic E-state index is -0.0785. The number of aromatic nitrogens is 3. The summed E-state index contributed by atoms with van der Waals surface area (Å²) in [5, 5.41) is 7.61. The molecule has 0 radical (unpaired) electrons. The van der Waals surface area contributed by atoms with Crippen molar-refractivity contribution in [1.29, 1.82) is 0 Å². The summed E-state index contributed by atoms with van der Waals surface area (Å²) < 4.78 is 7.95. The molecule has 1 amide bonds. The first kappa shape index (κ1) is 19.6. The number of halogens is 1. The van der Waals surface area contributed by atoms with E-state index in [1.165, 1.54) is 0 Å². The average molecular weight is 471 g/mol. The molecule has 0 spiro atoms. The Balaban J connectivity index is 1.44. The summed E-state index contributed by atoms with van der Waals surface area (Å²) in [6.45, 7) is 2.59. The maximum Gasteiger partial charge on any atom is 0.251 e. The second kappa shape index (κ2) is 8.34. The SMILES string of the molecule is COc1ccc(-c2nc3sc(CCNC(=O)c4cccc(Br)c4)c(C)n3n2)cc1. The minimum Gasteiger partial charge on any atom is -0.497 e. The zero-order valence-electron chi connectivity index (χ0n) is 16.0. The van der Waals surface area contributed by atoms with Gasteiger partial charge in [0.05, 0.1) is 12.8 Å². The van der Waals surface area contributed by atoms with Crippen molar-refractivity contribution in [1.82, 2.24) is 19.9 Å². The standard InChI is InChI=1S/C21H19BrN4O2S/c1-13-18(10-11-23-20(27)15-4-3-5-16(22)12-15)29-21-24-19(25-26(13)21)14-6-8-17(28-2)9-7-14/h3-9,12H,10-11H2,1-2H3,(H,23,27). The van der Waals surface area contributed by atoms with Crippen LogP contribution in [0.1, 0.15) is 20.9 Å². The summed E-state index contributed by atoms with van der Waals surface area (Å²) in [6.07, 6.45) is 0.735. The third kappa shape index (κ3) is 4.18. The van der Waals surface area contributed by atoms with E-state index in [-0.39, 0.29) is 5.91 Å². The summed E-state index contributed by atoms with van der Waals surface area (Å²) in [5.41, 5.74) is 2.64. The number of carbonyl (C=O) groups is 1. The quantitative estimate of drug-likeness (QED) is 0.450. The smallest absolute Gasteiger partial charge is 0.251 e. The number of nitrogens with one attached hydrogen (secondary N) is 1. The lowest BCUT2D eigenvalue weighted by Crippen LogP contribution is -2.25. The molecule has 148 valence electrons. The number of benzene rings is 2. The molecule has 2 aromatic heterocycles. The summed E-state index contributed by atoms with van der Waals surface area (Å²) in [4.78, 5) is 18.9. The molecular formula is C21H19BrN4O2S. The van der Waals surface area contributed by atoms with Gasteiger partial charge in [-0.1, -0.05) is 33.3 Å². The number of nitrogens with zero attached hydrogens (tertiary/aromatic N) is 3. The highest BCUT2D eigenvalue weighted by atomic mass is 79.9. The Bertz CT molecular complexity index is 1170. The van der Waals surface area contributed by atoms with E-state index < -0.39 is 0 Å². The van der Waals surface area contributed by atoms with E-state index in [1.807, 2.05) is 53.9 Å². The summed E-state index contributed by atoms with van der Waals surface area (Å²) in [5.74, 6) is 1.42. The van der Waals surface area contributed by atoms with Crippen molar-refractivity contribution in [3.05, 3.63) is 69.1 Å². The Morgan fingerprint density at radius 2 is 2.03 bits per heavy atom. The van der Waals surface area contributed by atoms with Crippen LogP contribution >= 0.6 is 27.3 Å². The van der Waals surface area contributed by atoms with E-state index >= 15 is 0 Å². The molecule has 2 aromatic carbocycles. The number of thiazole rings is 1. The van der Waals surface area contributed by atoms with Crippen molar-refractivity contribution in [3.8, 4) is 17.1 Å². The molecule has 0 saturated carbocycles. The number of rotatable bonds is 6. The van der Waals surface area contributed by atoms with Crippen LogP contribution in [0, 0.1) is 6.92 Å². The normalized spacial score (nSPS) is 11.0. The van der Waals surface area contributed by atoms with E-state index in [2.05, 4.69) is 31.3 Å². The highest BCUT2D eigenvalue weighted by molar-refractivity contribution is 9.10. The Labute approximate surface area is 180 Å². The van der Waals surface area contributed by atoms with Crippen molar-refractivity contribution >= 4 is 38.1 Å². The number of amides is 1. The Kier molecular flexibility index (Phi) is 5.64. The predicted octanol–water partition coefficient (Wildman–Crippen LogP) is 4.51. The van der Waals surface area contributed by atoms with Crippen LogP contribution in [0.5, 0.6) is 5.75 Å². The van der Waals surface area contributed by atoms with Gasteiger partial charge in [-0.3, -0.25) is 4.79 Å². The van der Waals surface area contributed by atoms with Crippen LogP contribution in [-0.4, -0.2) is 34.2 Å². The first-order valence-electron chi connectivity index (χ1n) is 9.08. The monoisotopic (exact) mass is 470 g/mol. The molecule has 4 aromatic rings. The Hall–Kier alpha value is -2.71. The maximum absolute atomic E-state index is 12.3. The van der Waals surface area contributed by atoms with Crippen molar-refractivity contribution in [2.24, 2.45) is 0 Å². The van der Waals surface area contributed by atoms with Crippen LogP contribution in [0.15, 0.2) is 53.0 Å². The summed E-state index contributed by atoms with van der Waals surface area (Å²) >= 11 is 4.99. The predicted molar refractivity (Wildman–Crippen MR) is 118 cm³/mol. The first-order valence-corrected chi connectivity index (χ1v) is 10.7. The lowest BCUT2D eigenvalue weighted by atomic mass is 10.2. The molecule has 0 aliphatic carbocycles. The van der Waals surface area contributed by atoms with Gasteiger partial charge in [-0.2, -0.15) is 4.98 Å². The van der Waals surface area contributed by atoms with Crippen LogP contribution in [-0.2, 0) is 6.42 Å². The van der Waals surface area contributed by atoms with Crippen molar-refractivity contribution in [2.75, 3.05) is 13.7 Å². The largest absolute Gasteiger partial charge is 0.497 e. The van der Waals surface area contributed by atoms with Crippen LogP contribution in [0.4, 0.5) is 0 Å². The van der Waals surface area contributed by atoms with E-state index in [0.717, 1.165) is 37.7 Å². The van der Waals surface area contributed by atoms with Gasteiger partial charge >= 0.3 is 0 Å². The Morgan fingerprint density at radius 3 is 2.72 bits per heavy atom. The van der Waals surface area contributed by atoms with Gasteiger partial charge in [-0.05, 0) is 49.4 Å². The van der Waals surface area contributed by atoms with Crippen LogP contribution in [0.3, 0.4) is 0 Å². The highest BCUT2D eigenvalue weighted by Gasteiger charge is 2.15. The lowest BCUT2D eigenvalue weighted by Gasteiger charge is -2.05. The molecule has 0 atom stereocenters. The van der Waals surface area contributed by atoms with E-state index in [0.29, 0.717) is 17.9 Å². The molecule has 29 heavy (non-hydrogen) atoms. The van der Waals surface area contributed by atoms with Gasteiger partial charge in [-0.15, -0.1) is 5.10 Å². The zero-order valence-corrected chi connectivity index (χ0v) is 18.4. The van der Waals surface area contributed by atoms with Gasteiger partial charge in [0.15, 0.2) is 5.82 Å². The number of aryl methyl sites for hydroxylation is 1. The highest BCUT2D eigenvalue weighted by Crippen LogP contribution is 2.26. The molecule has 6 nitrogen and oxygen atoms in total. The maximum atomic E-state index is 12.3. The van der Waals surface area contributed by atoms with E-state index in [1.54, 1.807) is 24.5 Å². The molecular weight excluding hydrogens is 452 g/mol. The minimum absolute atomic E-state index is 0.0785. The van der Waals surface area contributed by atoms with Gasteiger partial charge in [-0.25, -0.2) is 4.52 Å². The number of ether oxygens (including phenoxy) is 1. The van der Waals surface area contributed by atoms with Crippen LogP contribution in [0.2, 0.25) is 0 Å². The lowest BCUT2D eigenvalue weighted by molar-refractivity contribution is 0.0954. The second-order valence-corrected chi connectivity index (χ2v) is 8.46. The van der Waals surface area contributed by atoms with Crippen molar-refractivity contribution in [3.63, 3.8) is 0 Å². The van der Waals surface area contributed by atoms with Gasteiger partial charge in [0, 0.05) is 33.4 Å². The molecule has 0 bridgehead atoms. The molecule has 0 fully saturated rings. The topological polar surface area (TPSA) is 68.5 Å². The number of hydrogen-bond acceptors (Lipinski definition) is 5. The van der Waals surface area contributed by atoms with Crippen LogP contribution in [0.25, 0.3) is 16.3 Å². The third-order valence-corrected chi connectivity index (χ3v) is 6.27. The fraction of sp³-hybridized carbons (Fsp3) is 0.190. The molecule has 8 heteroatoms. The molecule has 0 unspecified atom stereocenters. The van der Waals surface area contributed by atoms with Crippen molar-refractivity contribution < 1.29 is 9.53 Å². The molecule has 4 rings (SSSR count). The molecule has 2 heterocycles. The first-order chi connectivity index (χ1) is 14.0. The van der Waals surface area contributed by atoms with E-state index in [9.17, 15) is 4.79 Å². The summed E-state index contributed by atoms with van der Waals surface area (Å²) in [6, 6.07) is 15.1. The van der Waals surface area contributed by atoms with Gasteiger partial charge in [0.25, 0.3) is 5.91 Å². The van der Waals surface area contributed by atoms with Gasteiger partial charge < -0.3 is 10.1 Å². The number of fused-ring (bicyclic) bond motifs is 1. The fourth-order valence-electron chi connectivity index (χ4n) is 3.00. The Morgan fingerprint density at radius 1 is 1.24 bits per heavy atom. The molecule has 1 N–H and O–H groups in total. The molecule has 0 saturated heterocycles. The number of hydrogen-bond donors (Lipinski definition) is 1. The molecule has 0 aliphatic heterocycles. The van der Waals surface area contributed by atoms with E-state index in [4.69, 9.17) is 4.74 Å². The van der Waals surface area contributed by atoms with Crippen molar-refractivity contribution in [2.45, 2.75) is 13.3 Å². The van der Waals surface area contributed by atoms with Gasteiger partial charge in [0.2, 0.25) is 4.96 Å². The average Bonchev–Trinajstić information content (AvgIpc) is 3.27.